The highest BCUT2D eigenvalue weighted by atomic mass is 16.4. The van der Waals surface area contributed by atoms with Crippen LogP contribution < -0.4 is 5.63 Å². The molecule has 1 heterocycles. The molecule has 2 N–H and O–H groups in total. The molecule has 24 heavy (non-hydrogen) atoms. The van der Waals surface area contributed by atoms with Crippen LogP contribution in [0.15, 0.2) is 51.7 Å². The summed E-state index contributed by atoms with van der Waals surface area (Å²) in [5.41, 5.74) is 2.60. The molecular formula is C20H20O4. The van der Waals surface area contributed by atoms with Gasteiger partial charge in [0.05, 0.1) is 0 Å². The van der Waals surface area contributed by atoms with Crippen LogP contribution in [-0.4, -0.2) is 10.2 Å². The van der Waals surface area contributed by atoms with E-state index in [9.17, 15) is 15.0 Å². The van der Waals surface area contributed by atoms with Gasteiger partial charge in [0.25, 0.3) is 0 Å². The van der Waals surface area contributed by atoms with Gasteiger partial charge in [-0.15, -0.1) is 0 Å². The van der Waals surface area contributed by atoms with Crippen molar-refractivity contribution in [1.82, 2.24) is 0 Å². The average Bonchev–Trinajstić information content (AvgIpc) is 2.51. The lowest BCUT2D eigenvalue weighted by atomic mass is 9.86. The van der Waals surface area contributed by atoms with Crippen molar-refractivity contribution in [3.63, 3.8) is 0 Å². The Hall–Kier alpha value is -2.75. The van der Waals surface area contributed by atoms with Gasteiger partial charge in [-0.2, -0.15) is 0 Å². The highest BCUT2D eigenvalue weighted by Gasteiger charge is 2.15. The van der Waals surface area contributed by atoms with Crippen molar-refractivity contribution >= 4 is 11.0 Å². The van der Waals surface area contributed by atoms with E-state index in [0.717, 1.165) is 11.1 Å². The van der Waals surface area contributed by atoms with Crippen LogP contribution in [0.25, 0.3) is 11.0 Å². The van der Waals surface area contributed by atoms with Crippen molar-refractivity contribution in [1.29, 1.82) is 0 Å². The first-order valence-electron chi connectivity index (χ1n) is 7.83. The number of rotatable bonds is 2. The van der Waals surface area contributed by atoms with Gasteiger partial charge < -0.3 is 14.6 Å². The summed E-state index contributed by atoms with van der Waals surface area (Å²) in [6, 6.07) is 12.7. The van der Waals surface area contributed by atoms with Gasteiger partial charge >= 0.3 is 5.63 Å². The number of hydrogen-bond donors (Lipinski definition) is 2. The van der Waals surface area contributed by atoms with E-state index < -0.39 is 11.4 Å². The van der Waals surface area contributed by atoms with E-state index in [-0.39, 0.29) is 16.7 Å². The van der Waals surface area contributed by atoms with E-state index in [2.05, 4.69) is 32.9 Å². The third-order valence-electron chi connectivity index (χ3n) is 4.17. The summed E-state index contributed by atoms with van der Waals surface area (Å²) in [6.45, 7) is 6.48. The molecule has 0 bridgehead atoms. The fourth-order valence-corrected chi connectivity index (χ4v) is 2.76. The minimum Gasteiger partial charge on any atom is -0.504 e. The Labute approximate surface area is 140 Å². The lowest BCUT2D eigenvalue weighted by Gasteiger charge is -2.19. The lowest BCUT2D eigenvalue weighted by molar-refractivity contribution is 0.397. The van der Waals surface area contributed by atoms with Gasteiger partial charge in [-0.1, -0.05) is 45.0 Å². The molecule has 0 aliphatic rings. The maximum atomic E-state index is 11.8. The fourth-order valence-electron chi connectivity index (χ4n) is 2.76. The lowest BCUT2D eigenvalue weighted by Crippen LogP contribution is -2.10. The Bertz CT molecular complexity index is 944. The van der Waals surface area contributed by atoms with Crippen LogP contribution in [0, 0.1) is 0 Å². The number of phenols is 2. The Kier molecular flexibility index (Phi) is 3.84. The summed E-state index contributed by atoms with van der Waals surface area (Å²) in [5.74, 6) is -0.716. The molecule has 0 amide bonds. The predicted octanol–water partition coefficient (Wildman–Crippen LogP) is 4.09. The van der Waals surface area contributed by atoms with Crippen molar-refractivity contribution < 1.29 is 14.6 Å². The standard InChI is InChI=1S/C20H20O4/c1-20(2,3)14-6-4-12(5-7-14)10-13-11-17(22)24-19-15(13)8-9-16(21)18(19)23/h4-9,11,21,23H,10H2,1-3H3. The number of hydrogen-bond acceptors (Lipinski definition) is 4. The zero-order chi connectivity index (χ0) is 17.5. The second-order valence-electron chi connectivity index (χ2n) is 7.02. The largest absolute Gasteiger partial charge is 0.504 e. The molecule has 0 saturated carbocycles. The summed E-state index contributed by atoms with van der Waals surface area (Å²) in [7, 11) is 0. The molecule has 124 valence electrons. The molecule has 0 fully saturated rings. The van der Waals surface area contributed by atoms with Crippen LogP contribution in [-0.2, 0) is 11.8 Å². The summed E-state index contributed by atoms with van der Waals surface area (Å²) in [5, 5.41) is 20.1. The summed E-state index contributed by atoms with van der Waals surface area (Å²) >= 11 is 0. The van der Waals surface area contributed by atoms with Crippen molar-refractivity contribution in [2.45, 2.75) is 32.6 Å². The van der Waals surface area contributed by atoms with Crippen molar-refractivity contribution in [2.75, 3.05) is 0 Å². The van der Waals surface area contributed by atoms with Gasteiger partial charge in [0.1, 0.15) is 0 Å². The Balaban J connectivity index is 2.04. The minimum absolute atomic E-state index is 0.0174. The van der Waals surface area contributed by atoms with Gasteiger partial charge in [-0.25, -0.2) is 4.79 Å². The van der Waals surface area contributed by atoms with Crippen molar-refractivity contribution in [3.8, 4) is 11.5 Å². The van der Waals surface area contributed by atoms with E-state index in [1.165, 1.54) is 17.7 Å². The summed E-state index contributed by atoms with van der Waals surface area (Å²) in [6.07, 6.45) is 0.538. The smallest absolute Gasteiger partial charge is 0.336 e. The third kappa shape index (κ3) is 3.00. The predicted molar refractivity (Wildman–Crippen MR) is 93.8 cm³/mol. The summed E-state index contributed by atoms with van der Waals surface area (Å²) < 4.78 is 5.05. The first-order valence-corrected chi connectivity index (χ1v) is 7.83. The maximum Gasteiger partial charge on any atom is 0.336 e. The van der Waals surface area contributed by atoms with Crippen LogP contribution in [0.4, 0.5) is 0 Å². The van der Waals surface area contributed by atoms with E-state index in [0.29, 0.717) is 11.8 Å². The molecule has 0 spiro atoms. The van der Waals surface area contributed by atoms with Gasteiger partial charge in [-0.3, -0.25) is 0 Å². The zero-order valence-electron chi connectivity index (χ0n) is 14.0. The second-order valence-corrected chi connectivity index (χ2v) is 7.02. The number of fused-ring (bicyclic) bond motifs is 1. The molecule has 0 unspecified atom stereocenters. The molecule has 3 aromatic rings. The maximum absolute atomic E-state index is 11.8. The first kappa shape index (κ1) is 16.1. The van der Waals surface area contributed by atoms with Crippen LogP contribution in [0.1, 0.15) is 37.5 Å². The quantitative estimate of drug-likeness (QED) is 0.550. The molecule has 3 rings (SSSR count). The molecule has 1 aromatic heterocycles. The van der Waals surface area contributed by atoms with E-state index in [1.807, 2.05) is 12.1 Å². The van der Waals surface area contributed by atoms with Crippen molar-refractivity contribution in [2.24, 2.45) is 0 Å². The molecule has 0 radical (unpaired) electrons. The fraction of sp³-hybridized carbons (Fsp3) is 0.250. The third-order valence-corrected chi connectivity index (χ3v) is 4.17. The second kappa shape index (κ2) is 5.71. The molecule has 0 atom stereocenters. The highest BCUT2D eigenvalue weighted by molar-refractivity contribution is 5.87. The Morgan fingerprint density at radius 1 is 1.00 bits per heavy atom. The monoisotopic (exact) mass is 324 g/mol. The SMILES string of the molecule is CC(C)(C)c1ccc(Cc2cc(=O)oc3c(O)c(O)ccc23)cc1. The van der Waals surface area contributed by atoms with Crippen LogP contribution in [0.5, 0.6) is 11.5 Å². The Morgan fingerprint density at radius 3 is 2.29 bits per heavy atom. The van der Waals surface area contributed by atoms with Crippen LogP contribution in [0.3, 0.4) is 0 Å². The number of aromatic hydroxyl groups is 2. The molecule has 2 aromatic carbocycles. The van der Waals surface area contributed by atoms with Crippen molar-refractivity contribution in [3.05, 3.63) is 69.6 Å². The topological polar surface area (TPSA) is 70.7 Å². The molecule has 4 nitrogen and oxygen atoms in total. The van der Waals surface area contributed by atoms with Gasteiger partial charge in [-0.05, 0) is 40.7 Å². The highest BCUT2D eigenvalue weighted by Crippen LogP contribution is 2.34. The van der Waals surface area contributed by atoms with Gasteiger partial charge in [0.15, 0.2) is 11.3 Å². The van der Waals surface area contributed by atoms with Gasteiger partial charge in [0, 0.05) is 11.5 Å². The molecule has 0 saturated heterocycles. The molecule has 0 aliphatic heterocycles. The molecule has 4 heteroatoms. The minimum atomic E-state index is -0.551. The van der Waals surface area contributed by atoms with Crippen LogP contribution in [0.2, 0.25) is 0 Å². The summed E-state index contributed by atoms with van der Waals surface area (Å²) in [4.78, 5) is 11.8. The van der Waals surface area contributed by atoms with E-state index in [1.54, 1.807) is 6.07 Å². The van der Waals surface area contributed by atoms with E-state index >= 15 is 0 Å². The zero-order valence-corrected chi connectivity index (χ0v) is 14.0. The first-order chi connectivity index (χ1) is 11.3. The number of phenolic OH excluding ortho intramolecular Hbond substituents is 2. The molecule has 0 aliphatic carbocycles. The van der Waals surface area contributed by atoms with Crippen LogP contribution >= 0.6 is 0 Å². The Morgan fingerprint density at radius 2 is 1.67 bits per heavy atom. The number of benzene rings is 2. The van der Waals surface area contributed by atoms with Gasteiger partial charge in [0.2, 0.25) is 5.75 Å². The average molecular weight is 324 g/mol. The molecular weight excluding hydrogens is 304 g/mol. The normalized spacial score (nSPS) is 11.8. The van der Waals surface area contributed by atoms with E-state index in [4.69, 9.17) is 4.42 Å².